The number of halogens is 2. The summed E-state index contributed by atoms with van der Waals surface area (Å²) in [6, 6.07) is 33.5. The molecule has 0 aliphatic heterocycles. The zero-order valence-corrected chi connectivity index (χ0v) is 27.6. The summed E-state index contributed by atoms with van der Waals surface area (Å²) in [6.45, 7) is 5.51. The number of hydrogen-bond donors (Lipinski definition) is 0. The second-order valence-electron chi connectivity index (χ2n) is 10.9. The number of aromatic nitrogens is 1. The van der Waals surface area contributed by atoms with Gasteiger partial charge in [0.15, 0.2) is 0 Å². The van der Waals surface area contributed by atoms with Gasteiger partial charge in [0.1, 0.15) is 0 Å². The first-order valence-corrected chi connectivity index (χ1v) is 16.3. The minimum atomic E-state index is 0.600. The normalized spacial score (nSPS) is 12.8. The fourth-order valence-corrected chi connectivity index (χ4v) is 6.17. The average molecular weight is 692 g/mol. The van der Waals surface area contributed by atoms with Gasteiger partial charge in [0.25, 0.3) is 0 Å². The van der Waals surface area contributed by atoms with Crippen molar-refractivity contribution in [3.05, 3.63) is 116 Å². The lowest BCUT2D eigenvalue weighted by molar-refractivity contribution is 0.401. The van der Waals surface area contributed by atoms with Crippen LogP contribution in [-0.2, 0) is 6.54 Å². The lowest BCUT2D eigenvalue weighted by Gasteiger charge is -2.17. The van der Waals surface area contributed by atoms with E-state index in [9.17, 15) is 10.5 Å². The molecule has 3 nitrogen and oxygen atoms in total. The maximum atomic E-state index is 9.98. The number of hydrogen-bond acceptors (Lipinski definition) is 2. The molecule has 0 aliphatic carbocycles. The van der Waals surface area contributed by atoms with E-state index in [-0.39, 0.29) is 0 Å². The van der Waals surface area contributed by atoms with E-state index in [1.54, 1.807) is 0 Å². The quantitative estimate of drug-likeness (QED) is 0.108. The molecule has 5 rings (SSSR count). The third-order valence-corrected chi connectivity index (χ3v) is 9.13. The highest BCUT2D eigenvalue weighted by atomic mass is 79.9. The number of nitriles is 2. The predicted molar refractivity (Wildman–Crippen MR) is 188 cm³/mol. The highest BCUT2D eigenvalue weighted by Gasteiger charge is 2.16. The van der Waals surface area contributed by atoms with Gasteiger partial charge in [0.05, 0.1) is 23.3 Å². The smallest absolute Gasteiger partial charge is 0.0998 e. The number of allylic oxidation sites excluding steroid dienone is 2. The van der Waals surface area contributed by atoms with Crippen LogP contribution < -0.4 is 0 Å². The fraction of sp³-hybridized carbons (Fsp3) is 0.211. The molecule has 5 heteroatoms. The van der Waals surface area contributed by atoms with Gasteiger partial charge < -0.3 is 4.57 Å². The average Bonchev–Trinajstić information content (AvgIpc) is 3.33. The molecule has 1 heterocycles. The summed E-state index contributed by atoms with van der Waals surface area (Å²) in [5.74, 6) is 0.600. The number of unbranched alkanes of at least 4 members (excludes halogenated alkanes) is 1. The molecule has 1 aromatic heterocycles. The van der Waals surface area contributed by atoms with Gasteiger partial charge in [-0.25, -0.2) is 0 Å². The highest BCUT2D eigenvalue weighted by molar-refractivity contribution is 9.10. The number of nitrogens with zero attached hydrogens (tertiary/aromatic N) is 3. The lowest BCUT2D eigenvalue weighted by Crippen LogP contribution is -2.10. The van der Waals surface area contributed by atoms with E-state index < -0.39 is 0 Å². The van der Waals surface area contributed by atoms with Gasteiger partial charge in [-0.15, -0.1) is 0 Å². The van der Waals surface area contributed by atoms with E-state index in [1.807, 2.05) is 60.7 Å². The van der Waals surface area contributed by atoms with Crippen LogP contribution in [0.25, 0.3) is 45.1 Å². The molecule has 0 spiro atoms. The summed E-state index contributed by atoms with van der Waals surface area (Å²) in [7, 11) is 0. The Morgan fingerprint density at radius 1 is 0.721 bits per heavy atom. The summed E-state index contributed by atoms with van der Waals surface area (Å²) in [5, 5.41) is 22.3. The highest BCUT2D eigenvalue weighted by Crippen LogP contribution is 2.34. The summed E-state index contributed by atoms with van der Waals surface area (Å²) < 4.78 is 4.43. The summed E-state index contributed by atoms with van der Waals surface area (Å²) >= 11 is 6.97. The molecule has 0 fully saturated rings. The van der Waals surface area contributed by atoms with Crippen LogP contribution in [0.1, 0.15) is 61.8 Å². The van der Waals surface area contributed by atoms with Gasteiger partial charge >= 0.3 is 0 Å². The van der Waals surface area contributed by atoms with Crippen LogP contribution in [0.5, 0.6) is 0 Å². The van der Waals surface area contributed by atoms with E-state index in [0.29, 0.717) is 17.1 Å². The van der Waals surface area contributed by atoms with Crippen molar-refractivity contribution in [1.82, 2.24) is 4.57 Å². The van der Waals surface area contributed by atoms with Crippen LogP contribution in [0.4, 0.5) is 0 Å². The van der Waals surface area contributed by atoms with Crippen molar-refractivity contribution < 1.29 is 0 Å². The maximum absolute atomic E-state index is 9.98. The predicted octanol–water partition coefficient (Wildman–Crippen LogP) is 11.7. The Labute approximate surface area is 271 Å². The first kappa shape index (κ1) is 30.6. The van der Waals surface area contributed by atoms with Crippen LogP contribution in [0.15, 0.2) is 93.9 Å². The van der Waals surface area contributed by atoms with Gasteiger partial charge in [0, 0.05) is 37.3 Å². The monoisotopic (exact) mass is 689 g/mol. The van der Waals surface area contributed by atoms with Crippen molar-refractivity contribution in [3.63, 3.8) is 0 Å². The molecule has 0 bridgehead atoms. The van der Waals surface area contributed by atoms with Crippen molar-refractivity contribution in [2.24, 2.45) is 5.92 Å². The summed E-state index contributed by atoms with van der Waals surface area (Å²) in [5.41, 5.74) is 7.38. The van der Waals surface area contributed by atoms with Gasteiger partial charge in [0.2, 0.25) is 0 Å². The van der Waals surface area contributed by atoms with Gasteiger partial charge in [-0.05, 0) is 95.3 Å². The molecule has 214 valence electrons. The van der Waals surface area contributed by atoms with Gasteiger partial charge in [-0.1, -0.05) is 101 Å². The topological polar surface area (TPSA) is 52.5 Å². The van der Waals surface area contributed by atoms with Gasteiger partial charge in [-0.3, -0.25) is 0 Å². The second-order valence-corrected chi connectivity index (χ2v) is 12.8. The minimum absolute atomic E-state index is 0.600. The van der Waals surface area contributed by atoms with Crippen LogP contribution in [-0.4, -0.2) is 4.57 Å². The fourth-order valence-electron chi connectivity index (χ4n) is 5.64. The Kier molecular flexibility index (Phi) is 9.98. The van der Waals surface area contributed by atoms with Crippen molar-refractivity contribution in [2.45, 2.75) is 46.1 Å². The number of fused-ring (bicyclic) bond motifs is 3. The van der Waals surface area contributed by atoms with E-state index in [0.717, 1.165) is 54.9 Å². The minimum Gasteiger partial charge on any atom is -0.340 e. The van der Waals surface area contributed by atoms with Crippen molar-refractivity contribution in [2.75, 3.05) is 0 Å². The third-order valence-electron chi connectivity index (χ3n) is 8.07. The third kappa shape index (κ3) is 7.02. The Bertz CT molecular complexity index is 1770. The molecule has 0 aliphatic rings. The van der Waals surface area contributed by atoms with E-state index in [4.69, 9.17) is 0 Å². The first-order chi connectivity index (χ1) is 20.9. The van der Waals surface area contributed by atoms with Crippen molar-refractivity contribution >= 4 is 77.0 Å². The molecule has 0 saturated carbocycles. The zero-order chi connectivity index (χ0) is 30.3. The molecular formula is C38H33Br2N3. The molecule has 0 radical (unpaired) electrons. The summed E-state index contributed by atoms with van der Waals surface area (Å²) in [4.78, 5) is 0. The Hall–Kier alpha value is -3.90. The Morgan fingerprint density at radius 2 is 1.19 bits per heavy atom. The molecule has 1 unspecified atom stereocenters. The van der Waals surface area contributed by atoms with Gasteiger partial charge in [-0.2, -0.15) is 10.5 Å². The standard InChI is InChI=1S/C38H33Br2N3/c1-3-5-6-26(4-2)25-43-37-17-7-27(19-31(23-41)29-9-13-33(39)14-10-29)21-35(37)36-22-28(8-18-38(36)43)20-32(24-42)30-11-15-34(40)16-12-30/h7-22,26H,3-6,25H2,1-2H3/b31-19+,32-20+. The molecule has 1 atom stereocenters. The molecule has 0 N–H and O–H groups in total. The number of rotatable bonds is 10. The molecular weight excluding hydrogens is 658 g/mol. The van der Waals surface area contributed by atoms with E-state index >= 15 is 0 Å². The largest absolute Gasteiger partial charge is 0.340 e. The molecule has 43 heavy (non-hydrogen) atoms. The van der Waals surface area contributed by atoms with E-state index in [1.165, 1.54) is 30.3 Å². The Balaban J connectivity index is 1.65. The Morgan fingerprint density at radius 3 is 1.58 bits per heavy atom. The second kappa shape index (κ2) is 14.0. The lowest BCUT2D eigenvalue weighted by atomic mass is 9.99. The number of benzene rings is 4. The van der Waals surface area contributed by atoms with Crippen molar-refractivity contribution in [3.8, 4) is 12.1 Å². The zero-order valence-electron chi connectivity index (χ0n) is 24.4. The van der Waals surface area contributed by atoms with Crippen LogP contribution >= 0.6 is 31.9 Å². The molecule has 4 aromatic carbocycles. The van der Waals surface area contributed by atoms with Crippen LogP contribution in [0.2, 0.25) is 0 Å². The molecule has 5 aromatic rings. The molecule has 0 amide bonds. The van der Waals surface area contributed by atoms with Crippen LogP contribution in [0.3, 0.4) is 0 Å². The maximum Gasteiger partial charge on any atom is 0.0998 e. The first-order valence-electron chi connectivity index (χ1n) is 14.8. The summed E-state index contributed by atoms with van der Waals surface area (Å²) in [6.07, 6.45) is 8.72. The SMILES string of the molecule is CCCCC(CC)Cn1c2ccc(/C=C(\C#N)c3ccc(Br)cc3)cc2c2cc(/C=C(\C#N)c3ccc(Br)cc3)ccc21. The van der Waals surface area contributed by atoms with Crippen LogP contribution in [0, 0.1) is 28.6 Å². The molecule has 0 saturated heterocycles. The van der Waals surface area contributed by atoms with Crippen molar-refractivity contribution in [1.29, 1.82) is 10.5 Å². The van der Waals surface area contributed by atoms with E-state index in [2.05, 4.69) is 98.8 Å².